The number of nitrogens with zero attached hydrogens (tertiary/aromatic N) is 1. The maximum Gasteiger partial charge on any atom is 0.170 e. The monoisotopic (exact) mass is 221 g/mol. The first-order chi connectivity index (χ1) is 7.63. The summed E-state index contributed by atoms with van der Waals surface area (Å²) in [7, 11) is 3.95. The van der Waals surface area contributed by atoms with Crippen molar-refractivity contribution >= 4 is 11.5 Å². The molecule has 0 aliphatic carbocycles. The van der Waals surface area contributed by atoms with Crippen LogP contribution in [0.4, 0.5) is 5.69 Å². The minimum absolute atomic E-state index is 0.151. The molecule has 0 aliphatic heterocycles. The predicted molar refractivity (Wildman–Crippen MR) is 66.2 cm³/mol. The van der Waals surface area contributed by atoms with Gasteiger partial charge in [0.2, 0.25) is 0 Å². The molecular weight excluding hydrogens is 202 g/mol. The van der Waals surface area contributed by atoms with Gasteiger partial charge in [0.25, 0.3) is 0 Å². The first-order valence-corrected chi connectivity index (χ1v) is 5.55. The van der Waals surface area contributed by atoms with E-state index in [4.69, 9.17) is 4.74 Å². The zero-order chi connectivity index (χ0) is 12.0. The van der Waals surface area contributed by atoms with Crippen LogP contribution in [0.3, 0.4) is 0 Å². The van der Waals surface area contributed by atoms with Crippen LogP contribution in [0.1, 0.15) is 19.8 Å². The second kappa shape index (κ2) is 6.16. The van der Waals surface area contributed by atoms with Crippen molar-refractivity contribution in [1.29, 1.82) is 0 Å². The lowest BCUT2D eigenvalue weighted by Gasteiger charge is -2.13. The molecule has 0 amide bonds. The van der Waals surface area contributed by atoms with Crippen LogP contribution in [0.5, 0.6) is 5.75 Å². The van der Waals surface area contributed by atoms with Gasteiger partial charge in [-0.1, -0.05) is 13.0 Å². The van der Waals surface area contributed by atoms with Gasteiger partial charge in [-0.2, -0.15) is 0 Å². The van der Waals surface area contributed by atoms with Crippen molar-refractivity contribution in [3.8, 4) is 5.75 Å². The SMILES string of the molecule is CCCC(=O)COc1cccc(N(C)C)c1. The smallest absolute Gasteiger partial charge is 0.170 e. The van der Waals surface area contributed by atoms with E-state index in [1.807, 2.05) is 50.2 Å². The van der Waals surface area contributed by atoms with E-state index in [-0.39, 0.29) is 12.4 Å². The van der Waals surface area contributed by atoms with E-state index >= 15 is 0 Å². The average Bonchev–Trinajstić information content (AvgIpc) is 2.27. The number of carbonyl (C=O) groups excluding carboxylic acids is 1. The molecule has 0 aliphatic rings. The Morgan fingerprint density at radius 3 is 2.75 bits per heavy atom. The third-order valence-corrected chi connectivity index (χ3v) is 2.26. The van der Waals surface area contributed by atoms with Crippen LogP contribution in [0, 0.1) is 0 Å². The second-order valence-electron chi connectivity index (χ2n) is 3.97. The number of carbonyl (C=O) groups is 1. The summed E-state index contributed by atoms with van der Waals surface area (Å²) in [5.41, 5.74) is 1.07. The molecule has 88 valence electrons. The average molecular weight is 221 g/mol. The van der Waals surface area contributed by atoms with Gasteiger partial charge in [-0.3, -0.25) is 4.79 Å². The molecule has 0 unspecified atom stereocenters. The molecule has 3 heteroatoms. The third-order valence-electron chi connectivity index (χ3n) is 2.26. The maximum atomic E-state index is 11.3. The summed E-state index contributed by atoms with van der Waals surface area (Å²) >= 11 is 0. The molecule has 16 heavy (non-hydrogen) atoms. The maximum absolute atomic E-state index is 11.3. The molecule has 0 bridgehead atoms. The molecule has 3 nitrogen and oxygen atoms in total. The van der Waals surface area contributed by atoms with Crippen molar-refractivity contribution in [1.82, 2.24) is 0 Å². The first-order valence-electron chi connectivity index (χ1n) is 5.55. The van der Waals surface area contributed by atoms with E-state index in [1.165, 1.54) is 0 Å². The lowest BCUT2D eigenvalue weighted by Crippen LogP contribution is -2.11. The standard InChI is InChI=1S/C13H19NO2/c1-4-6-12(15)10-16-13-8-5-7-11(9-13)14(2)3/h5,7-9H,4,6,10H2,1-3H3. The van der Waals surface area contributed by atoms with E-state index in [2.05, 4.69) is 0 Å². The Morgan fingerprint density at radius 1 is 1.38 bits per heavy atom. The van der Waals surface area contributed by atoms with Crippen LogP contribution in [0.2, 0.25) is 0 Å². The molecule has 1 aromatic rings. The van der Waals surface area contributed by atoms with Crippen molar-refractivity contribution < 1.29 is 9.53 Å². The fraction of sp³-hybridized carbons (Fsp3) is 0.462. The molecule has 0 saturated carbocycles. The molecule has 0 aromatic heterocycles. The Morgan fingerprint density at radius 2 is 2.12 bits per heavy atom. The highest BCUT2D eigenvalue weighted by molar-refractivity contribution is 5.79. The Kier molecular flexibility index (Phi) is 4.83. The molecule has 0 heterocycles. The fourth-order valence-corrected chi connectivity index (χ4v) is 1.37. The van der Waals surface area contributed by atoms with Gasteiger partial charge in [0.05, 0.1) is 0 Å². The van der Waals surface area contributed by atoms with E-state index in [9.17, 15) is 4.79 Å². The van der Waals surface area contributed by atoms with Gasteiger partial charge in [-0.05, 0) is 18.6 Å². The Balaban J connectivity index is 2.54. The molecule has 1 aromatic carbocycles. The number of benzene rings is 1. The lowest BCUT2D eigenvalue weighted by molar-refractivity contribution is -0.121. The minimum Gasteiger partial charge on any atom is -0.486 e. The number of anilines is 1. The van der Waals surface area contributed by atoms with Crippen LogP contribution >= 0.6 is 0 Å². The van der Waals surface area contributed by atoms with Gasteiger partial charge in [0, 0.05) is 32.3 Å². The quantitative estimate of drug-likeness (QED) is 0.739. The van der Waals surface area contributed by atoms with Crippen molar-refractivity contribution in [2.45, 2.75) is 19.8 Å². The summed E-state index contributed by atoms with van der Waals surface area (Å²) in [5.74, 6) is 0.897. The number of ether oxygens (including phenoxy) is 1. The number of hydrogen-bond acceptors (Lipinski definition) is 3. The van der Waals surface area contributed by atoms with Gasteiger partial charge < -0.3 is 9.64 Å². The van der Waals surface area contributed by atoms with Crippen LogP contribution in [-0.2, 0) is 4.79 Å². The summed E-state index contributed by atoms with van der Waals surface area (Å²) in [4.78, 5) is 13.3. The lowest BCUT2D eigenvalue weighted by atomic mass is 10.2. The van der Waals surface area contributed by atoms with Gasteiger partial charge in [0.15, 0.2) is 5.78 Å². The van der Waals surface area contributed by atoms with Crippen LogP contribution < -0.4 is 9.64 Å². The summed E-state index contributed by atoms with van der Waals surface area (Å²) in [6.07, 6.45) is 1.47. The molecule has 0 fully saturated rings. The molecule has 0 saturated heterocycles. The number of rotatable bonds is 6. The summed E-state index contributed by atoms with van der Waals surface area (Å²) in [6, 6.07) is 7.72. The molecule has 0 atom stereocenters. The van der Waals surface area contributed by atoms with Crippen molar-refractivity contribution in [2.75, 3.05) is 25.6 Å². The van der Waals surface area contributed by atoms with Gasteiger partial charge in [-0.15, -0.1) is 0 Å². The van der Waals surface area contributed by atoms with Gasteiger partial charge in [-0.25, -0.2) is 0 Å². The Labute approximate surface area is 97.0 Å². The number of Topliss-reactive ketones (excluding diaryl/α,β-unsaturated/α-hetero) is 1. The minimum atomic E-state index is 0.151. The Hall–Kier alpha value is -1.51. The number of ketones is 1. The highest BCUT2D eigenvalue weighted by atomic mass is 16.5. The number of hydrogen-bond donors (Lipinski definition) is 0. The largest absolute Gasteiger partial charge is 0.486 e. The van der Waals surface area contributed by atoms with E-state index < -0.39 is 0 Å². The molecule has 1 rings (SSSR count). The summed E-state index contributed by atoms with van der Waals surface area (Å²) in [6.45, 7) is 2.16. The molecule has 0 radical (unpaired) electrons. The molecular formula is C13H19NO2. The zero-order valence-corrected chi connectivity index (χ0v) is 10.2. The highest BCUT2D eigenvalue weighted by Gasteiger charge is 2.02. The highest BCUT2D eigenvalue weighted by Crippen LogP contribution is 2.19. The molecule has 0 spiro atoms. The summed E-state index contributed by atoms with van der Waals surface area (Å²) in [5, 5.41) is 0. The second-order valence-corrected chi connectivity index (χ2v) is 3.97. The van der Waals surface area contributed by atoms with Crippen LogP contribution in [-0.4, -0.2) is 26.5 Å². The zero-order valence-electron chi connectivity index (χ0n) is 10.2. The van der Waals surface area contributed by atoms with E-state index in [0.717, 1.165) is 17.9 Å². The predicted octanol–water partition coefficient (Wildman–Crippen LogP) is 2.50. The van der Waals surface area contributed by atoms with Crippen LogP contribution in [0.25, 0.3) is 0 Å². The Bertz CT molecular complexity index is 348. The van der Waals surface area contributed by atoms with Crippen molar-refractivity contribution in [2.24, 2.45) is 0 Å². The van der Waals surface area contributed by atoms with Gasteiger partial charge in [0.1, 0.15) is 12.4 Å². The van der Waals surface area contributed by atoms with E-state index in [0.29, 0.717) is 6.42 Å². The topological polar surface area (TPSA) is 29.5 Å². The van der Waals surface area contributed by atoms with Crippen molar-refractivity contribution in [3.63, 3.8) is 0 Å². The third kappa shape index (κ3) is 3.93. The van der Waals surface area contributed by atoms with E-state index in [1.54, 1.807) is 0 Å². The normalized spacial score (nSPS) is 9.94. The fourth-order valence-electron chi connectivity index (χ4n) is 1.37. The van der Waals surface area contributed by atoms with Gasteiger partial charge >= 0.3 is 0 Å². The molecule has 0 N–H and O–H groups in total. The first kappa shape index (κ1) is 12.6. The summed E-state index contributed by atoms with van der Waals surface area (Å²) < 4.78 is 5.43. The van der Waals surface area contributed by atoms with Crippen molar-refractivity contribution in [3.05, 3.63) is 24.3 Å². The van der Waals surface area contributed by atoms with Crippen LogP contribution in [0.15, 0.2) is 24.3 Å².